The average molecular weight is 355 g/mol. The summed E-state index contributed by atoms with van der Waals surface area (Å²) in [5.41, 5.74) is 1.94. The molecule has 1 aliphatic heterocycles. The van der Waals surface area contributed by atoms with Gasteiger partial charge >= 0.3 is 0 Å². The van der Waals surface area contributed by atoms with Gasteiger partial charge in [0.25, 0.3) is 5.91 Å². The molecule has 0 atom stereocenters. The lowest BCUT2D eigenvalue weighted by molar-refractivity contribution is 0.0664. The smallest absolute Gasteiger partial charge is 0.254 e. The minimum atomic E-state index is -0.342. The number of amides is 1. The number of rotatable bonds is 4. The molecular formula is C21H22FNO3. The van der Waals surface area contributed by atoms with Gasteiger partial charge in [-0.1, -0.05) is 25.0 Å². The van der Waals surface area contributed by atoms with Crippen LogP contribution < -0.4 is 9.47 Å². The molecule has 1 amide bonds. The predicted octanol–water partition coefficient (Wildman–Crippen LogP) is 4.45. The van der Waals surface area contributed by atoms with E-state index in [4.69, 9.17) is 9.47 Å². The summed E-state index contributed by atoms with van der Waals surface area (Å²) in [7, 11) is 0. The Balaban J connectivity index is 1.61. The molecule has 2 aliphatic rings. The van der Waals surface area contributed by atoms with Crippen LogP contribution in [0.25, 0.3) is 0 Å². The summed E-state index contributed by atoms with van der Waals surface area (Å²) in [6.45, 7) is 2.41. The van der Waals surface area contributed by atoms with Crippen molar-refractivity contribution in [1.82, 2.24) is 4.90 Å². The van der Waals surface area contributed by atoms with Gasteiger partial charge in [0, 0.05) is 18.2 Å². The summed E-state index contributed by atoms with van der Waals surface area (Å²) in [6.07, 6.45) is 4.23. The summed E-state index contributed by atoms with van der Waals surface area (Å²) in [4.78, 5) is 15.0. The molecule has 0 aromatic heterocycles. The molecule has 5 heteroatoms. The maximum atomic E-state index is 14.0. The Kier molecular flexibility index (Phi) is 4.53. The number of nitrogens with zero attached hydrogens (tertiary/aromatic N) is 1. The Morgan fingerprint density at radius 2 is 1.88 bits per heavy atom. The van der Waals surface area contributed by atoms with Gasteiger partial charge < -0.3 is 14.4 Å². The van der Waals surface area contributed by atoms with E-state index in [-0.39, 0.29) is 24.6 Å². The summed E-state index contributed by atoms with van der Waals surface area (Å²) in [5.74, 6) is 0.981. The number of carbonyl (C=O) groups excluding carboxylic acids is 1. The monoisotopic (exact) mass is 355 g/mol. The van der Waals surface area contributed by atoms with Crippen LogP contribution in [-0.2, 0) is 6.54 Å². The maximum absolute atomic E-state index is 14.0. The van der Waals surface area contributed by atoms with Crippen LogP contribution in [0.3, 0.4) is 0 Å². The molecule has 0 radical (unpaired) electrons. The summed E-state index contributed by atoms with van der Waals surface area (Å²) < 4.78 is 24.8. The Bertz CT molecular complexity index is 830. The molecule has 0 spiro atoms. The molecule has 1 fully saturated rings. The van der Waals surface area contributed by atoms with E-state index >= 15 is 0 Å². The second kappa shape index (κ2) is 6.98. The van der Waals surface area contributed by atoms with E-state index in [9.17, 15) is 9.18 Å². The largest absolute Gasteiger partial charge is 0.454 e. The van der Waals surface area contributed by atoms with E-state index in [1.165, 1.54) is 6.07 Å². The number of carbonyl (C=O) groups is 1. The third-order valence-electron chi connectivity index (χ3n) is 5.24. The molecule has 1 saturated carbocycles. The predicted molar refractivity (Wildman–Crippen MR) is 95.8 cm³/mol. The minimum absolute atomic E-state index is 0.117. The number of fused-ring (bicyclic) bond motifs is 1. The highest BCUT2D eigenvalue weighted by Crippen LogP contribution is 2.34. The third-order valence-corrected chi connectivity index (χ3v) is 5.24. The van der Waals surface area contributed by atoms with Crippen molar-refractivity contribution in [3.8, 4) is 11.5 Å². The zero-order valence-corrected chi connectivity index (χ0v) is 14.8. The van der Waals surface area contributed by atoms with Gasteiger partial charge in [0.1, 0.15) is 5.82 Å². The van der Waals surface area contributed by atoms with Crippen molar-refractivity contribution in [3.05, 3.63) is 58.9 Å². The van der Waals surface area contributed by atoms with Gasteiger partial charge in [-0.2, -0.15) is 0 Å². The van der Waals surface area contributed by atoms with E-state index in [0.717, 1.165) is 37.0 Å². The number of halogens is 1. The summed E-state index contributed by atoms with van der Waals surface area (Å²) in [6, 6.07) is 10.7. The van der Waals surface area contributed by atoms with Crippen LogP contribution in [0.15, 0.2) is 36.4 Å². The molecule has 2 aromatic carbocycles. The second-order valence-electron chi connectivity index (χ2n) is 7.02. The second-order valence-corrected chi connectivity index (χ2v) is 7.02. The van der Waals surface area contributed by atoms with Crippen LogP contribution in [0, 0.1) is 12.7 Å². The molecule has 1 aliphatic carbocycles. The van der Waals surface area contributed by atoms with Crippen LogP contribution >= 0.6 is 0 Å². The molecule has 2 aromatic rings. The average Bonchev–Trinajstić information content (AvgIpc) is 3.32. The minimum Gasteiger partial charge on any atom is -0.454 e. The van der Waals surface area contributed by atoms with E-state index < -0.39 is 0 Å². The van der Waals surface area contributed by atoms with Crippen molar-refractivity contribution in [2.24, 2.45) is 0 Å². The third kappa shape index (κ3) is 3.26. The highest BCUT2D eigenvalue weighted by Gasteiger charge is 2.28. The van der Waals surface area contributed by atoms with Crippen molar-refractivity contribution < 1.29 is 18.7 Å². The summed E-state index contributed by atoms with van der Waals surface area (Å²) >= 11 is 0. The Morgan fingerprint density at radius 1 is 1.12 bits per heavy atom. The molecule has 4 nitrogen and oxygen atoms in total. The maximum Gasteiger partial charge on any atom is 0.254 e. The molecule has 0 saturated heterocycles. The Labute approximate surface area is 152 Å². The van der Waals surface area contributed by atoms with E-state index in [0.29, 0.717) is 23.4 Å². The van der Waals surface area contributed by atoms with Gasteiger partial charge in [-0.15, -0.1) is 0 Å². The fraction of sp³-hybridized carbons (Fsp3) is 0.381. The number of hydrogen-bond donors (Lipinski definition) is 0. The number of ether oxygens (including phenoxy) is 2. The van der Waals surface area contributed by atoms with Crippen LogP contribution in [0.4, 0.5) is 4.39 Å². The first-order valence-corrected chi connectivity index (χ1v) is 9.07. The number of hydrogen-bond acceptors (Lipinski definition) is 3. The highest BCUT2D eigenvalue weighted by molar-refractivity contribution is 5.94. The number of aryl methyl sites for hydroxylation is 1. The first-order valence-electron chi connectivity index (χ1n) is 9.07. The van der Waals surface area contributed by atoms with Crippen molar-refractivity contribution in [2.45, 2.75) is 45.2 Å². The van der Waals surface area contributed by atoms with E-state index in [1.54, 1.807) is 19.1 Å². The van der Waals surface area contributed by atoms with Crippen molar-refractivity contribution >= 4 is 5.91 Å². The van der Waals surface area contributed by atoms with E-state index in [1.807, 2.05) is 23.1 Å². The number of benzene rings is 2. The fourth-order valence-corrected chi connectivity index (χ4v) is 3.71. The molecule has 26 heavy (non-hydrogen) atoms. The molecule has 1 heterocycles. The molecule has 0 unspecified atom stereocenters. The zero-order valence-electron chi connectivity index (χ0n) is 14.8. The van der Waals surface area contributed by atoms with Gasteiger partial charge in [-0.3, -0.25) is 4.79 Å². The van der Waals surface area contributed by atoms with Crippen LogP contribution in [0.5, 0.6) is 11.5 Å². The topological polar surface area (TPSA) is 38.8 Å². The first-order chi connectivity index (χ1) is 12.6. The Morgan fingerprint density at radius 3 is 2.65 bits per heavy atom. The standard InChI is InChI=1S/C21H22FNO3/c1-14-6-8-16(11-18(14)22)21(24)23(17-4-2-3-5-17)12-15-7-9-19-20(10-15)26-13-25-19/h6-11,17H,2-5,12-13H2,1H3. The van der Waals surface area contributed by atoms with Gasteiger partial charge in [0.2, 0.25) is 6.79 Å². The molecule has 4 rings (SSSR count). The van der Waals surface area contributed by atoms with Crippen LogP contribution in [-0.4, -0.2) is 23.6 Å². The lowest BCUT2D eigenvalue weighted by Gasteiger charge is -2.29. The fourth-order valence-electron chi connectivity index (χ4n) is 3.71. The Hall–Kier alpha value is -2.56. The van der Waals surface area contributed by atoms with Gasteiger partial charge in [0.05, 0.1) is 0 Å². The summed E-state index contributed by atoms with van der Waals surface area (Å²) in [5, 5.41) is 0. The first kappa shape index (κ1) is 16.9. The normalized spacial score (nSPS) is 16.1. The lowest BCUT2D eigenvalue weighted by Crippen LogP contribution is -2.38. The molecule has 0 bridgehead atoms. The molecular weight excluding hydrogens is 333 g/mol. The molecule has 136 valence electrons. The van der Waals surface area contributed by atoms with E-state index in [2.05, 4.69) is 0 Å². The van der Waals surface area contributed by atoms with Crippen LogP contribution in [0.2, 0.25) is 0 Å². The van der Waals surface area contributed by atoms with Crippen LogP contribution in [0.1, 0.15) is 47.2 Å². The SMILES string of the molecule is Cc1ccc(C(=O)N(Cc2ccc3c(c2)OCO3)C2CCCC2)cc1F. The van der Waals surface area contributed by atoms with Crippen molar-refractivity contribution in [3.63, 3.8) is 0 Å². The van der Waals surface area contributed by atoms with Crippen molar-refractivity contribution in [2.75, 3.05) is 6.79 Å². The van der Waals surface area contributed by atoms with Crippen molar-refractivity contribution in [1.29, 1.82) is 0 Å². The van der Waals surface area contributed by atoms with Gasteiger partial charge in [-0.05, 0) is 55.2 Å². The quantitative estimate of drug-likeness (QED) is 0.813. The lowest BCUT2D eigenvalue weighted by atomic mass is 10.1. The highest BCUT2D eigenvalue weighted by atomic mass is 19.1. The zero-order chi connectivity index (χ0) is 18.1. The molecule has 0 N–H and O–H groups in total. The van der Waals surface area contributed by atoms with Gasteiger partial charge in [-0.25, -0.2) is 4.39 Å². The van der Waals surface area contributed by atoms with Gasteiger partial charge in [0.15, 0.2) is 11.5 Å².